The van der Waals surface area contributed by atoms with Crippen LogP contribution < -0.4 is 5.32 Å². The van der Waals surface area contributed by atoms with Gasteiger partial charge in [-0.15, -0.1) is 0 Å². The van der Waals surface area contributed by atoms with Crippen molar-refractivity contribution in [3.8, 4) is 5.75 Å². The molecule has 3 heteroatoms. The number of halogens is 1. The van der Waals surface area contributed by atoms with Crippen LogP contribution in [0.4, 0.5) is 0 Å². The van der Waals surface area contributed by atoms with Crippen molar-refractivity contribution in [3.05, 3.63) is 28.2 Å². The summed E-state index contributed by atoms with van der Waals surface area (Å²) in [5, 5.41) is 13.4. The molecule has 15 heavy (non-hydrogen) atoms. The highest BCUT2D eigenvalue weighted by Crippen LogP contribution is 2.32. The van der Waals surface area contributed by atoms with Crippen molar-refractivity contribution in [2.75, 3.05) is 0 Å². The molecule has 0 aromatic heterocycles. The van der Waals surface area contributed by atoms with Crippen LogP contribution in [0.2, 0.25) is 0 Å². The molecule has 0 amide bonds. The molecule has 2 N–H and O–H groups in total. The van der Waals surface area contributed by atoms with Gasteiger partial charge in [0.05, 0.1) is 0 Å². The molecular weight excluding hydrogens is 254 g/mol. The molecule has 1 aliphatic carbocycles. The van der Waals surface area contributed by atoms with E-state index in [4.69, 9.17) is 0 Å². The number of hydrogen-bond acceptors (Lipinski definition) is 2. The minimum Gasteiger partial charge on any atom is -0.508 e. The number of benzene rings is 1. The normalized spacial score (nSPS) is 17.7. The van der Waals surface area contributed by atoms with Crippen LogP contribution in [-0.4, -0.2) is 11.1 Å². The first kappa shape index (κ1) is 11.0. The van der Waals surface area contributed by atoms with E-state index in [-0.39, 0.29) is 6.04 Å². The summed E-state index contributed by atoms with van der Waals surface area (Å²) in [6, 6.07) is 6.54. The number of rotatable bonds is 4. The zero-order valence-corrected chi connectivity index (χ0v) is 10.4. The average Bonchev–Trinajstić information content (AvgIpc) is 3.02. The van der Waals surface area contributed by atoms with Crippen LogP contribution in [0, 0.1) is 0 Å². The number of phenolic OH excluding ortho intramolecular Hbond substituents is 1. The summed E-state index contributed by atoms with van der Waals surface area (Å²) in [4.78, 5) is 0. The maximum Gasteiger partial charge on any atom is 0.120 e. The van der Waals surface area contributed by atoms with Gasteiger partial charge < -0.3 is 10.4 Å². The third-order valence-corrected chi connectivity index (χ3v) is 3.28. The van der Waals surface area contributed by atoms with Crippen LogP contribution in [-0.2, 0) is 0 Å². The van der Waals surface area contributed by atoms with E-state index < -0.39 is 0 Å². The Balaban J connectivity index is 2.19. The molecule has 2 rings (SSSR count). The quantitative estimate of drug-likeness (QED) is 0.879. The van der Waals surface area contributed by atoms with Crippen molar-refractivity contribution in [1.29, 1.82) is 0 Å². The lowest BCUT2D eigenvalue weighted by molar-refractivity contribution is 0.440. The molecule has 0 saturated heterocycles. The third kappa shape index (κ3) is 2.73. The summed E-state index contributed by atoms with van der Waals surface area (Å²) in [5.74, 6) is 0.387. The zero-order chi connectivity index (χ0) is 10.8. The van der Waals surface area contributed by atoms with Crippen molar-refractivity contribution in [2.45, 2.75) is 38.3 Å². The Bertz CT molecular complexity index is 349. The Hall–Kier alpha value is -0.540. The first-order valence-electron chi connectivity index (χ1n) is 5.45. The second kappa shape index (κ2) is 4.54. The number of nitrogens with one attached hydrogen (secondary N) is 1. The summed E-state index contributed by atoms with van der Waals surface area (Å²) in [5.41, 5.74) is 0.999. The molecule has 1 aromatic carbocycles. The van der Waals surface area contributed by atoms with Gasteiger partial charge in [0.25, 0.3) is 0 Å². The topological polar surface area (TPSA) is 32.3 Å². The summed E-state index contributed by atoms with van der Waals surface area (Å²) >= 11 is 3.44. The maximum absolute atomic E-state index is 9.81. The van der Waals surface area contributed by atoms with E-state index in [0.29, 0.717) is 11.8 Å². The van der Waals surface area contributed by atoms with Crippen LogP contribution in [0.25, 0.3) is 0 Å². The van der Waals surface area contributed by atoms with Gasteiger partial charge in [0.1, 0.15) is 5.75 Å². The Morgan fingerprint density at radius 3 is 2.87 bits per heavy atom. The van der Waals surface area contributed by atoms with Crippen LogP contribution >= 0.6 is 15.9 Å². The Morgan fingerprint density at radius 1 is 1.53 bits per heavy atom. The van der Waals surface area contributed by atoms with E-state index in [1.165, 1.54) is 12.8 Å². The second-order valence-corrected chi connectivity index (χ2v) is 5.02. The van der Waals surface area contributed by atoms with E-state index in [9.17, 15) is 5.11 Å². The SMILES string of the molecule is CC[C@@H](NC1CC1)c1cc(Br)ccc1O. The molecule has 82 valence electrons. The minimum absolute atomic E-state index is 0.273. The van der Waals surface area contributed by atoms with Crippen molar-refractivity contribution < 1.29 is 5.11 Å². The lowest BCUT2D eigenvalue weighted by atomic mass is 10.0. The Morgan fingerprint density at radius 2 is 2.27 bits per heavy atom. The maximum atomic E-state index is 9.81. The molecule has 0 unspecified atom stereocenters. The molecule has 0 heterocycles. The van der Waals surface area contributed by atoms with Crippen molar-refractivity contribution in [3.63, 3.8) is 0 Å². The summed E-state index contributed by atoms with van der Waals surface area (Å²) in [6.45, 7) is 2.14. The van der Waals surface area contributed by atoms with Gasteiger partial charge >= 0.3 is 0 Å². The van der Waals surface area contributed by atoms with Gasteiger partial charge in [-0.1, -0.05) is 22.9 Å². The molecule has 2 nitrogen and oxygen atoms in total. The third-order valence-electron chi connectivity index (χ3n) is 2.79. The van der Waals surface area contributed by atoms with E-state index in [0.717, 1.165) is 16.5 Å². The van der Waals surface area contributed by atoms with Gasteiger partial charge in [0.15, 0.2) is 0 Å². The monoisotopic (exact) mass is 269 g/mol. The largest absolute Gasteiger partial charge is 0.508 e. The fourth-order valence-corrected chi connectivity index (χ4v) is 2.15. The van der Waals surface area contributed by atoms with Gasteiger partial charge in [0.2, 0.25) is 0 Å². The van der Waals surface area contributed by atoms with Crippen molar-refractivity contribution in [1.82, 2.24) is 5.32 Å². The van der Waals surface area contributed by atoms with Crippen molar-refractivity contribution in [2.24, 2.45) is 0 Å². The number of phenols is 1. The first-order valence-corrected chi connectivity index (χ1v) is 6.24. The standard InChI is InChI=1S/C12H16BrNO/c1-2-11(14-9-4-5-9)10-7-8(13)3-6-12(10)15/h3,6-7,9,11,14-15H,2,4-5H2,1H3/t11-/m1/s1. The molecule has 1 fully saturated rings. The van der Waals surface area contributed by atoms with Crippen LogP contribution in [0.1, 0.15) is 37.8 Å². The van der Waals surface area contributed by atoms with E-state index in [1.807, 2.05) is 12.1 Å². The average molecular weight is 270 g/mol. The Labute approximate surface area is 98.8 Å². The van der Waals surface area contributed by atoms with Gasteiger partial charge in [-0.2, -0.15) is 0 Å². The van der Waals surface area contributed by atoms with Crippen LogP contribution in [0.15, 0.2) is 22.7 Å². The molecular formula is C12H16BrNO. The van der Waals surface area contributed by atoms with E-state index >= 15 is 0 Å². The van der Waals surface area contributed by atoms with Gasteiger partial charge in [-0.05, 0) is 37.5 Å². The van der Waals surface area contributed by atoms with Crippen LogP contribution in [0.5, 0.6) is 5.75 Å². The number of hydrogen-bond donors (Lipinski definition) is 2. The fraction of sp³-hybridized carbons (Fsp3) is 0.500. The summed E-state index contributed by atoms with van der Waals surface area (Å²) in [7, 11) is 0. The van der Waals surface area contributed by atoms with Crippen LogP contribution in [0.3, 0.4) is 0 Å². The summed E-state index contributed by atoms with van der Waals surface area (Å²) in [6.07, 6.45) is 3.54. The molecule has 0 spiro atoms. The highest BCUT2D eigenvalue weighted by Gasteiger charge is 2.25. The molecule has 0 aliphatic heterocycles. The first-order chi connectivity index (χ1) is 7.20. The van der Waals surface area contributed by atoms with E-state index in [2.05, 4.69) is 28.2 Å². The molecule has 1 saturated carbocycles. The highest BCUT2D eigenvalue weighted by atomic mass is 79.9. The minimum atomic E-state index is 0.273. The molecule has 1 aromatic rings. The predicted octanol–water partition coefficient (Wildman–Crippen LogP) is 3.36. The molecule has 0 bridgehead atoms. The Kier molecular flexibility index (Phi) is 3.32. The smallest absolute Gasteiger partial charge is 0.120 e. The number of aromatic hydroxyl groups is 1. The molecule has 1 aliphatic rings. The van der Waals surface area contributed by atoms with Crippen molar-refractivity contribution >= 4 is 15.9 Å². The summed E-state index contributed by atoms with van der Waals surface area (Å²) < 4.78 is 1.02. The lowest BCUT2D eigenvalue weighted by Gasteiger charge is -2.18. The van der Waals surface area contributed by atoms with Gasteiger partial charge in [-0.25, -0.2) is 0 Å². The van der Waals surface area contributed by atoms with E-state index in [1.54, 1.807) is 6.07 Å². The predicted molar refractivity (Wildman–Crippen MR) is 65.0 cm³/mol. The molecule has 0 radical (unpaired) electrons. The van der Waals surface area contributed by atoms with Gasteiger partial charge in [-0.3, -0.25) is 0 Å². The highest BCUT2D eigenvalue weighted by molar-refractivity contribution is 9.10. The fourth-order valence-electron chi connectivity index (χ4n) is 1.77. The molecule has 1 atom stereocenters. The lowest BCUT2D eigenvalue weighted by Crippen LogP contribution is -2.22. The second-order valence-electron chi connectivity index (χ2n) is 4.10. The zero-order valence-electron chi connectivity index (χ0n) is 8.83. The van der Waals surface area contributed by atoms with Gasteiger partial charge in [0, 0.05) is 22.1 Å².